The van der Waals surface area contributed by atoms with E-state index >= 15 is 0 Å². The number of nitrogens with two attached hydrogens (primary N) is 1. The van der Waals surface area contributed by atoms with Gasteiger partial charge in [-0.25, -0.2) is 4.79 Å². The standard InChI is InChI=1S/C6H12N2O2/c1-4-5(8(2)3)10-6(7)9/h4-5H,1H2,2-3H3,(H2,7,9). The van der Waals surface area contributed by atoms with Gasteiger partial charge in [0, 0.05) is 0 Å². The quantitative estimate of drug-likeness (QED) is 0.453. The molecule has 0 heterocycles. The SMILES string of the molecule is C=CC(OC(N)=O)N(C)C. The molecule has 0 radical (unpaired) electrons. The van der Waals surface area contributed by atoms with Gasteiger partial charge in [-0.1, -0.05) is 6.58 Å². The summed E-state index contributed by atoms with van der Waals surface area (Å²) in [7, 11) is 3.52. The summed E-state index contributed by atoms with van der Waals surface area (Å²) in [5.74, 6) is 0. The Balaban J connectivity index is 3.83. The molecule has 0 aliphatic carbocycles. The lowest BCUT2D eigenvalue weighted by atomic mass is 10.5. The molecular weight excluding hydrogens is 132 g/mol. The summed E-state index contributed by atoms with van der Waals surface area (Å²) < 4.78 is 4.61. The van der Waals surface area contributed by atoms with Gasteiger partial charge in [-0.05, 0) is 20.2 Å². The van der Waals surface area contributed by atoms with E-state index in [0.717, 1.165) is 0 Å². The van der Waals surface area contributed by atoms with Gasteiger partial charge in [-0.3, -0.25) is 4.90 Å². The van der Waals surface area contributed by atoms with Crippen molar-refractivity contribution in [2.75, 3.05) is 14.1 Å². The summed E-state index contributed by atoms with van der Waals surface area (Å²) in [6.07, 6.45) is 0.265. The van der Waals surface area contributed by atoms with E-state index in [1.54, 1.807) is 19.0 Å². The Morgan fingerprint density at radius 3 is 2.40 bits per heavy atom. The van der Waals surface area contributed by atoms with Crippen molar-refractivity contribution in [2.24, 2.45) is 5.73 Å². The maximum atomic E-state index is 10.2. The second-order valence-corrected chi connectivity index (χ2v) is 2.03. The molecule has 0 aliphatic rings. The summed E-state index contributed by atoms with van der Waals surface area (Å²) in [5, 5.41) is 0. The average molecular weight is 144 g/mol. The van der Waals surface area contributed by atoms with Crippen molar-refractivity contribution in [1.29, 1.82) is 0 Å². The van der Waals surface area contributed by atoms with E-state index in [9.17, 15) is 4.79 Å². The number of hydrogen-bond donors (Lipinski definition) is 1. The summed E-state index contributed by atoms with van der Waals surface area (Å²) in [6, 6.07) is 0. The third-order valence-electron chi connectivity index (χ3n) is 0.947. The summed E-state index contributed by atoms with van der Waals surface area (Å²) in [4.78, 5) is 11.9. The minimum Gasteiger partial charge on any atom is -0.427 e. The molecule has 0 aromatic rings. The van der Waals surface area contributed by atoms with Crippen molar-refractivity contribution in [1.82, 2.24) is 4.90 Å². The van der Waals surface area contributed by atoms with Crippen molar-refractivity contribution >= 4 is 6.09 Å². The van der Waals surface area contributed by atoms with Crippen LogP contribution < -0.4 is 5.73 Å². The zero-order valence-corrected chi connectivity index (χ0v) is 6.20. The van der Waals surface area contributed by atoms with Crippen molar-refractivity contribution in [2.45, 2.75) is 6.23 Å². The first-order valence-electron chi connectivity index (χ1n) is 2.83. The molecule has 0 fully saturated rings. The van der Waals surface area contributed by atoms with Crippen LogP contribution in [0.3, 0.4) is 0 Å². The fraction of sp³-hybridized carbons (Fsp3) is 0.500. The zero-order chi connectivity index (χ0) is 8.15. The second-order valence-electron chi connectivity index (χ2n) is 2.03. The van der Waals surface area contributed by atoms with E-state index in [2.05, 4.69) is 11.3 Å². The average Bonchev–Trinajstić information content (AvgIpc) is 1.81. The van der Waals surface area contributed by atoms with Crippen molar-refractivity contribution in [3.8, 4) is 0 Å². The van der Waals surface area contributed by atoms with Gasteiger partial charge in [0.15, 0.2) is 6.23 Å². The first kappa shape index (κ1) is 8.97. The van der Waals surface area contributed by atoms with Crippen LogP contribution in [0.15, 0.2) is 12.7 Å². The van der Waals surface area contributed by atoms with E-state index in [0.29, 0.717) is 0 Å². The minimum atomic E-state index is -0.793. The van der Waals surface area contributed by atoms with E-state index in [1.807, 2.05) is 0 Å². The molecule has 2 N–H and O–H groups in total. The minimum absolute atomic E-state index is 0.433. The largest absolute Gasteiger partial charge is 0.427 e. The van der Waals surface area contributed by atoms with Crippen LogP contribution in [0.5, 0.6) is 0 Å². The number of amides is 1. The molecule has 4 heteroatoms. The number of primary amides is 1. The number of carbonyl (C=O) groups excluding carboxylic acids is 1. The molecule has 0 saturated carbocycles. The van der Waals surface area contributed by atoms with E-state index in [1.165, 1.54) is 6.08 Å². The molecular formula is C6H12N2O2. The van der Waals surface area contributed by atoms with E-state index in [-0.39, 0.29) is 0 Å². The molecule has 1 unspecified atom stereocenters. The zero-order valence-electron chi connectivity index (χ0n) is 6.20. The van der Waals surface area contributed by atoms with E-state index < -0.39 is 12.3 Å². The molecule has 0 spiro atoms. The Labute approximate surface area is 60.2 Å². The Morgan fingerprint density at radius 1 is 1.80 bits per heavy atom. The Hall–Kier alpha value is -1.03. The Morgan fingerprint density at radius 2 is 2.30 bits per heavy atom. The molecule has 0 aromatic carbocycles. The molecule has 1 atom stereocenters. The van der Waals surface area contributed by atoms with Gasteiger partial charge in [0.05, 0.1) is 0 Å². The van der Waals surface area contributed by atoms with Crippen molar-refractivity contribution in [3.63, 3.8) is 0 Å². The number of carbonyl (C=O) groups is 1. The van der Waals surface area contributed by atoms with Crippen LogP contribution in [0, 0.1) is 0 Å². The van der Waals surface area contributed by atoms with Crippen molar-refractivity contribution < 1.29 is 9.53 Å². The molecule has 58 valence electrons. The number of ether oxygens (including phenoxy) is 1. The van der Waals surface area contributed by atoms with Crippen LogP contribution in [0.25, 0.3) is 0 Å². The third kappa shape index (κ3) is 3.09. The third-order valence-corrected chi connectivity index (χ3v) is 0.947. The first-order chi connectivity index (χ1) is 4.57. The normalized spacial score (nSPS) is 12.7. The predicted octanol–water partition coefficient (Wildman–Crippen LogP) is 0.155. The monoisotopic (exact) mass is 144 g/mol. The van der Waals surface area contributed by atoms with Crippen LogP contribution in [0.4, 0.5) is 4.79 Å². The van der Waals surface area contributed by atoms with Crippen LogP contribution in [-0.4, -0.2) is 31.3 Å². The fourth-order valence-corrected chi connectivity index (χ4v) is 0.483. The maximum absolute atomic E-state index is 10.2. The Bertz CT molecular complexity index is 134. The highest BCUT2D eigenvalue weighted by atomic mass is 16.6. The first-order valence-corrected chi connectivity index (χ1v) is 2.83. The predicted molar refractivity (Wildman–Crippen MR) is 38.3 cm³/mol. The molecule has 0 saturated heterocycles. The number of nitrogens with zero attached hydrogens (tertiary/aromatic N) is 1. The topological polar surface area (TPSA) is 55.6 Å². The van der Waals surface area contributed by atoms with Gasteiger partial charge < -0.3 is 10.5 Å². The van der Waals surface area contributed by atoms with Gasteiger partial charge in [0.25, 0.3) is 0 Å². The highest BCUT2D eigenvalue weighted by Gasteiger charge is 2.08. The smallest absolute Gasteiger partial charge is 0.406 e. The molecule has 0 rings (SSSR count). The number of rotatable bonds is 3. The summed E-state index contributed by atoms with van der Waals surface area (Å²) in [5.41, 5.74) is 4.77. The van der Waals surface area contributed by atoms with Crippen LogP contribution in [-0.2, 0) is 4.74 Å². The lowest BCUT2D eigenvalue weighted by Crippen LogP contribution is -2.32. The van der Waals surface area contributed by atoms with E-state index in [4.69, 9.17) is 5.73 Å². The van der Waals surface area contributed by atoms with Gasteiger partial charge in [-0.15, -0.1) is 0 Å². The maximum Gasteiger partial charge on any atom is 0.406 e. The van der Waals surface area contributed by atoms with Crippen LogP contribution in [0.2, 0.25) is 0 Å². The van der Waals surface area contributed by atoms with Gasteiger partial charge in [0.1, 0.15) is 0 Å². The molecule has 0 aromatic heterocycles. The second kappa shape index (κ2) is 3.90. The summed E-state index contributed by atoms with van der Waals surface area (Å²) in [6.45, 7) is 3.46. The molecule has 4 nitrogen and oxygen atoms in total. The van der Waals surface area contributed by atoms with Gasteiger partial charge >= 0.3 is 6.09 Å². The molecule has 0 bridgehead atoms. The highest BCUT2D eigenvalue weighted by molar-refractivity contribution is 5.64. The molecule has 0 aliphatic heterocycles. The molecule has 1 amide bonds. The van der Waals surface area contributed by atoms with Gasteiger partial charge in [0.2, 0.25) is 0 Å². The summed E-state index contributed by atoms with van der Waals surface area (Å²) >= 11 is 0. The highest BCUT2D eigenvalue weighted by Crippen LogP contribution is 1.95. The lowest BCUT2D eigenvalue weighted by Gasteiger charge is -2.18. The van der Waals surface area contributed by atoms with Crippen molar-refractivity contribution in [3.05, 3.63) is 12.7 Å². The van der Waals surface area contributed by atoms with Gasteiger partial charge in [-0.2, -0.15) is 0 Å². The van der Waals surface area contributed by atoms with Crippen LogP contribution in [0.1, 0.15) is 0 Å². The number of likely N-dealkylation sites (N-methyl/N-ethyl adjacent to an activating group) is 1. The fourth-order valence-electron chi connectivity index (χ4n) is 0.483. The Kier molecular flexibility index (Phi) is 3.49. The number of hydrogen-bond acceptors (Lipinski definition) is 3. The molecule has 10 heavy (non-hydrogen) atoms. The van der Waals surface area contributed by atoms with Crippen LogP contribution >= 0.6 is 0 Å². The lowest BCUT2D eigenvalue weighted by molar-refractivity contribution is 0.0526.